The van der Waals surface area contributed by atoms with E-state index in [1.54, 1.807) is 18.5 Å². The van der Waals surface area contributed by atoms with Gasteiger partial charge in [-0.3, -0.25) is 0 Å². The van der Waals surface area contributed by atoms with Crippen molar-refractivity contribution in [2.24, 2.45) is 0 Å². The Balaban J connectivity index is 2.21. The fourth-order valence-electron chi connectivity index (χ4n) is 2.77. The van der Waals surface area contributed by atoms with Crippen LogP contribution in [-0.4, -0.2) is 20.6 Å². The molecule has 0 aliphatic carbocycles. The largest absolute Gasteiger partial charge is 0.478 e. The molecule has 1 N–H and O–H groups in total. The van der Waals surface area contributed by atoms with E-state index >= 15 is 0 Å². The van der Waals surface area contributed by atoms with Gasteiger partial charge in [-0.2, -0.15) is 0 Å². The van der Waals surface area contributed by atoms with Crippen LogP contribution in [0.15, 0.2) is 35.0 Å². The predicted molar refractivity (Wildman–Crippen MR) is 78.7 cm³/mol. The molecule has 0 aliphatic heterocycles. The Morgan fingerprint density at radius 2 is 2.14 bits per heavy atom. The maximum absolute atomic E-state index is 11.4. The van der Waals surface area contributed by atoms with Gasteiger partial charge in [0.25, 0.3) is 0 Å². The number of aromatic carboxylic acids is 1. The SMILES string of the molecule is Cc1cc(C(C)n2cnc3cccc(C(=O)O)c32)c(C)o1. The fraction of sp³-hybridized carbons (Fsp3) is 0.250. The van der Waals surface area contributed by atoms with Gasteiger partial charge in [0.1, 0.15) is 11.5 Å². The number of aromatic nitrogens is 2. The molecule has 0 saturated carbocycles. The summed E-state index contributed by atoms with van der Waals surface area (Å²) in [7, 11) is 0. The summed E-state index contributed by atoms with van der Waals surface area (Å²) in [4.78, 5) is 15.7. The van der Waals surface area contributed by atoms with Gasteiger partial charge in [0.05, 0.1) is 29.0 Å². The minimum Gasteiger partial charge on any atom is -0.478 e. The van der Waals surface area contributed by atoms with Crippen molar-refractivity contribution in [3.63, 3.8) is 0 Å². The number of para-hydroxylation sites is 1. The summed E-state index contributed by atoms with van der Waals surface area (Å²) in [6.07, 6.45) is 1.68. The molecule has 2 heterocycles. The molecular formula is C16H16N2O3. The van der Waals surface area contributed by atoms with Crippen LogP contribution in [0.4, 0.5) is 0 Å². The first-order chi connectivity index (χ1) is 9.99. The summed E-state index contributed by atoms with van der Waals surface area (Å²) in [6, 6.07) is 7.06. The highest BCUT2D eigenvalue weighted by atomic mass is 16.4. The highest BCUT2D eigenvalue weighted by molar-refractivity contribution is 6.01. The van der Waals surface area contributed by atoms with E-state index in [9.17, 15) is 9.90 Å². The normalized spacial score (nSPS) is 12.7. The number of rotatable bonds is 3. The van der Waals surface area contributed by atoms with Crippen LogP contribution < -0.4 is 0 Å². The molecule has 1 aromatic carbocycles. The molecule has 0 amide bonds. The third-order valence-electron chi connectivity index (χ3n) is 3.77. The Hall–Kier alpha value is -2.56. The molecule has 2 aromatic heterocycles. The quantitative estimate of drug-likeness (QED) is 0.798. The topological polar surface area (TPSA) is 68.3 Å². The van der Waals surface area contributed by atoms with Gasteiger partial charge in [-0.1, -0.05) is 6.07 Å². The van der Waals surface area contributed by atoms with Crippen molar-refractivity contribution in [1.29, 1.82) is 0 Å². The van der Waals surface area contributed by atoms with Gasteiger partial charge in [-0.15, -0.1) is 0 Å². The zero-order chi connectivity index (χ0) is 15.1. The second-order valence-electron chi connectivity index (χ2n) is 5.17. The van der Waals surface area contributed by atoms with E-state index in [0.717, 1.165) is 17.1 Å². The van der Waals surface area contributed by atoms with Crippen molar-refractivity contribution >= 4 is 17.0 Å². The molecule has 5 heteroatoms. The van der Waals surface area contributed by atoms with Crippen molar-refractivity contribution < 1.29 is 14.3 Å². The first-order valence-electron chi connectivity index (χ1n) is 6.75. The monoisotopic (exact) mass is 284 g/mol. The Morgan fingerprint density at radius 1 is 1.38 bits per heavy atom. The molecule has 108 valence electrons. The number of carboxylic acids is 1. The first-order valence-corrected chi connectivity index (χ1v) is 6.75. The number of hydrogen-bond acceptors (Lipinski definition) is 3. The molecule has 0 spiro atoms. The lowest BCUT2D eigenvalue weighted by molar-refractivity contribution is 0.0698. The van der Waals surface area contributed by atoms with Crippen LogP contribution in [0, 0.1) is 13.8 Å². The maximum Gasteiger partial charge on any atom is 0.337 e. The summed E-state index contributed by atoms with van der Waals surface area (Å²) in [5, 5.41) is 9.38. The smallest absolute Gasteiger partial charge is 0.337 e. The number of carbonyl (C=O) groups is 1. The van der Waals surface area contributed by atoms with Crippen LogP contribution in [0.5, 0.6) is 0 Å². The lowest BCUT2D eigenvalue weighted by Gasteiger charge is -2.14. The average Bonchev–Trinajstić information content (AvgIpc) is 3.00. The van der Waals surface area contributed by atoms with Crippen molar-refractivity contribution in [1.82, 2.24) is 9.55 Å². The van der Waals surface area contributed by atoms with E-state index in [1.165, 1.54) is 0 Å². The summed E-state index contributed by atoms with van der Waals surface area (Å²) in [5.41, 5.74) is 2.61. The molecule has 3 rings (SSSR count). The third-order valence-corrected chi connectivity index (χ3v) is 3.77. The lowest BCUT2D eigenvalue weighted by Crippen LogP contribution is -2.09. The Labute approximate surface area is 121 Å². The van der Waals surface area contributed by atoms with Crippen LogP contribution in [0.2, 0.25) is 0 Å². The lowest BCUT2D eigenvalue weighted by atomic mass is 10.1. The van der Waals surface area contributed by atoms with E-state index in [4.69, 9.17) is 4.42 Å². The minimum atomic E-state index is -0.949. The van der Waals surface area contributed by atoms with Gasteiger partial charge in [-0.05, 0) is 39.0 Å². The summed E-state index contributed by atoms with van der Waals surface area (Å²) in [6.45, 7) is 5.82. The second-order valence-corrected chi connectivity index (χ2v) is 5.17. The summed E-state index contributed by atoms with van der Waals surface area (Å²) < 4.78 is 7.46. The zero-order valence-electron chi connectivity index (χ0n) is 12.1. The molecule has 0 aliphatic rings. The summed E-state index contributed by atoms with van der Waals surface area (Å²) in [5.74, 6) is 0.738. The van der Waals surface area contributed by atoms with Gasteiger partial charge in [0.15, 0.2) is 0 Å². The van der Waals surface area contributed by atoms with Crippen molar-refractivity contribution in [2.45, 2.75) is 26.8 Å². The van der Waals surface area contributed by atoms with E-state index < -0.39 is 5.97 Å². The molecule has 21 heavy (non-hydrogen) atoms. The van der Waals surface area contributed by atoms with E-state index in [-0.39, 0.29) is 11.6 Å². The van der Waals surface area contributed by atoms with E-state index in [2.05, 4.69) is 4.98 Å². The molecule has 0 fully saturated rings. The van der Waals surface area contributed by atoms with Crippen LogP contribution in [0.1, 0.15) is 40.4 Å². The Morgan fingerprint density at radius 3 is 2.76 bits per heavy atom. The van der Waals surface area contributed by atoms with E-state index in [1.807, 2.05) is 37.5 Å². The highest BCUT2D eigenvalue weighted by Gasteiger charge is 2.20. The highest BCUT2D eigenvalue weighted by Crippen LogP contribution is 2.29. The molecule has 1 atom stereocenters. The average molecular weight is 284 g/mol. The van der Waals surface area contributed by atoms with Crippen LogP contribution in [0.25, 0.3) is 11.0 Å². The molecule has 1 unspecified atom stereocenters. The number of furan rings is 1. The Kier molecular flexibility index (Phi) is 3.05. The van der Waals surface area contributed by atoms with Crippen LogP contribution >= 0.6 is 0 Å². The third kappa shape index (κ3) is 2.11. The molecular weight excluding hydrogens is 268 g/mol. The predicted octanol–water partition coefficient (Wildman–Crippen LogP) is 3.55. The van der Waals surface area contributed by atoms with Gasteiger partial charge < -0.3 is 14.1 Å². The maximum atomic E-state index is 11.4. The number of nitrogens with zero attached hydrogens (tertiary/aromatic N) is 2. The zero-order valence-corrected chi connectivity index (χ0v) is 12.1. The number of benzene rings is 1. The number of carboxylic acid groups (broad SMARTS) is 1. The van der Waals surface area contributed by atoms with Crippen molar-refractivity contribution in [2.75, 3.05) is 0 Å². The number of fused-ring (bicyclic) bond motifs is 1. The molecule has 0 bridgehead atoms. The molecule has 0 saturated heterocycles. The minimum absolute atomic E-state index is 0.0482. The Bertz CT molecular complexity index is 829. The molecule has 5 nitrogen and oxygen atoms in total. The number of hydrogen-bond donors (Lipinski definition) is 1. The van der Waals surface area contributed by atoms with Crippen molar-refractivity contribution in [3.8, 4) is 0 Å². The van der Waals surface area contributed by atoms with Gasteiger partial charge in [0, 0.05) is 5.56 Å². The second kappa shape index (κ2) is 4.77. The van der Waals surface area contributed by atoms with E-state index in [0.29, 0.717) is 11.0 Å². The standard InChI is InChI=1S/C16H16N2O3/c1-9-7-13(11(3)21-9)10(2)18-8-17-14-6-4-5-12(15(14)18)16(19)20/h4-8,10H,1-3H3,(H,19,20). The van der Waals surface area contributed by atoms with Gasteiger partial charge in [0.2, 0.25) is 0 Å². The fourth-order valence-corrected chi connectivity index (χ4v) is 2.77. The van der Waals surface area contributed by atoms with Crippen LogP contribution in [0.3, 0.4) is 0 Å². The number of aryl methyl sites for hydroxylation is 2. The van der Waals surface area contributed by atoms with Crippen LogP contribution in [-0.2, 0) is 0 Å². The van der Waals surface area contributed by atoms with Gasteiger partial charge in [-0.25, -0.2) is 9.78 Å². The first kappa shape index (κ1) is 13.4. The molecule has 3 aromatic rings. The number of imidazole rings is 1. The van der Waals surface area contributed by atoms with Crippen molar-refractivity contribution in [3.05, 3.63) is 53.2 Å². The molecule has 0 radical (unpaired) electrons. The van der Waals surface area contributed by atoms with Gasteiger partial charge >= 0.3 is 5.97 Å². The summed E-state index contributed by atoms with van der Waals surface area (Å²) >= 11 is 0.